The van der Waals surface area contributed by atoms with E-state index in [1.54, 1.807) is 0 Å². The van der Waals surface area contributed by atoms with Gasteiger partial charge in [-0.05, 0) is 0 Å². The Balaban J connectivity index is 0.000000791. The first-order valence-corrected chi connectivity index (χ1v) is 10.7. The van der Waals surface area contributed by atoms with E-state index in [1.165, 1.54) is 28.5 Å². The summed E-state index contributed by atoms with van der Waals surface area (Å²) < 4.78 is 36.3. The minimum atomic E-state index is -4.40. The minimum absolute atomic E-state index is 0.187. The van der Waals surface area contributed by atoms with Crippen LogP contribution in [0, 0.1) is 6.92 Å². The number of hydrogen-bond acceptors (Lipinski definition) is 0. The Labute approximate surface area is 102 Å². The van der Waals surface area contributed by atoms with Gasteiger partial charge < -0.3 is 0 Å². The molecule has 0 unspecified atom stereocenters. The molecule has 0 spiro atoms. The fraction of sp³-hybridized carbons (Fsp3) is 0.125. The second kappa shape index (κ2) is 5.99. The summed E-state index contributed by atoms with van der Waals surface area (Å²) in [6.45, 7) is 3.36. The van der Waals surface area contributed by atoms with Gasteiger partial charge in [0.05, 0.1) is 0 Å². The van der Waals surface area contributed by atoms with Crippen LogP contribution >= 0.6 is 25.2 Å². The molecule has 0 amide bonds. The molecule has 74 valence electrons. The van der Waals surface area contributed by atoms with E-state index in [4.69, 9.17) is 11.6 Å². The monoisotopic (exact) mass is 336 g/mol. The van der Waals surface area contributed by atoms with Crippen molar-refractivity contribution in [3.63, 3.8) is 0 Å². The Morgan fingerprint density at radius 1 is 1.29 bits per heavy atom. The van der Waals surface area contributed by atoms with Crippen molar-refractivity contribution in [1.82, 2.24) is 0 Å². The van der Waals surface area contributed by atoms with Crippen LogP contribution < -0.4 is 0 Å². The van der Waals surface area contributed by atoms with Crippen molar-refractivity contribution in [2.75, 3.05) is 0 Å². The molecule has 0 heterocycles. The van der Waals surface area contributed by atoms with Gasteiger partial charge in [0.15, 0.2) is 0 Å². The molecular formula is C8H5BrClF3Zn. The van der Waals surface area contributed by atoms with Crippen molar-refractivity contribution in [1.29, 1.82) is 0 Å². The van der Waals surface area contributed by atoms with Crippen molar-refractivity contribution in [3.8, 4) is 0 Å². The molecule has 1 aromatic rings. The van der Waals surface area contributed by atoms with Crippen LogP contribution in [0.5, 0.6) is 0 Å². The summed E-state index contributed by atoms with van der Waals surface area (Å²) in [5.74, 6) is 0. The Morgan fingerprint density at radius 3 is 2.14 bits per heavy atom. The third kappa shape index (κ3) is 3.80. The first-order valence-electron chi connectivity index (χ1n) is 3.37. The van der Waals surface area contributed by atoms with Gasteiger partial charge in [-0.2, -0.15) is 43.3 Å². The summed E-state index contributed by atoms with van der Waals surface area (Å²) in [4.78, 5) is 0. The molecule has 6 heteroatoms. The zero-order valence-corrected chi connectivity index (χ0v) is 12.3. The predicted molar refractivity (Wildman–Crippen MR) is 49.8 cm³/mol. The molecule has 0 saturated carbocycles. The van der Waals surface area contributed by atoms with Gasteiger partial charge >= 0.3 is 36.1 Å². The predicted octanol–water partition coefficient (Wildman–Crippen LogP) is 4.38. The average Bonchev–Trinajstić information content (AvgIpc) is 2.11. The topological polar surface area (TPSA) is 0 Å². The molecule has 0 fully saturated rings. The number of alkyl halides is 3. The quantitative estimate of drug-likeness (QED) is 0.486. The van der Waals surface area contributed by atoms with Crippen molar-refractivity contribution < 1.29 is 29.5 Å². The maximum atomic E-state index is 12.1. The average molecular weight is 339 g/mol. The fourth-order valence-corrected chi connectivity index (χ4v) is 1.03. The number of rotatable bonds is 0. The van der Waals surface area contributed by atoms with Gasteiger partial charge in [0.2, 0.25) is 0 Å². The van der Waals surface area contributed by atoms with E-state index >= 15 is 0 Å². The van der Waals surface area contributed by atoms with Crippen LogP contribution in [-0.2, 0) is 22.5 Å². The summed E-state index contributed by atoms with van der Waals surface area (Å²) >= 11 is 9.65. The summed E-state index contributed by atoms with van der Waals surface area (Å²) in [7, 11) is 0. The fourth-order valence-electron chi connectivity index (χ4n) is 0.799. The van der Waals surface area contributed by atoms with Crippen molar-refractivity contribution in [2.24, 2.45) is 0 Å². The van der Waals surface area contributed by atoms with Crippen LogP contribution in [-0.4, -0.2) is 0 Å². The zero-order chi connectivity index (χ0) is 11.4. The molecule has 0 aliphatic heterocycles. The molecule has 0 bridgehead atoms. The van der Waals surface area contributed by atoms with Crippen LogP contribution in [0.2, 0.25) is 5.02 Å². The second-order valence-corrected chi connectivity index (χ2v) is 2.65. The Morgan fingerprint density at radius 2 is 1.79 bits per heavy atom. The van der Waals surface area contributed by atoms with Crippen molar-refractivity contribution in [3.05, 3.63) is 41.3 Å². The molecule has 0 atom stereocenters. The summed E-state index contributed by atoms with van der Waals surface area (Å²) in [6, 6.07) is 3.63. The van der Waals surface area contributed by atoms with Crippen LogP contribution in [0.3, 0.4) is 0 Å². The Bertz CT molecular complexity index is 301. The van der Waals surface area contributed by atoms with E-state index in [2.05, 4.69) is 20.5 Å². The molecule has 0 radical (unpaired) electrons. The van der Waals surface area contributed by atoms with Crippen LogP contribution in [0.25, 0.3) is 0 Å². The molecule has 1 rings (SSSR count). The molecule has 0 aliphatic carbocycles. The number of benzene rings is 1. The Kier molecular flexibility index (Phi) is 6.10. The van der Waals surface area contributed by atoms with Gasteiger partial charge in [-0.15, -0.1) is 6.07 Å². The Hall–Kier alpha value is 0.273. The van der Waals surface area contributed by atoms with Gasteiger partial charge in [-0.1, -0.05) is 11.1 Å². The zero-order valence-electron chi connectivity index (χ0n) is 7.04. The van der Waals surface area contributed by atoms with Gasteiger partial charge in [0, 0.05) is 5.56 Å². The molecule has 0 N–H and O–H groups in total. The van der Waals surface area contributed by atoms with Crippen LogP contribution in [0.15, 0.2) is 18.2 Å². The van der Waals surface area contributed by atoms with E-state index in [1.807, 2.05) is 0 Å². The van der Waals surface area contributed by atoms with Crippen molar-refractivity contribution in [2.45, 2.75) is 6.18 Å². The van der Waals surface area contributed by atoms with Gasteiger partial charge in [-0.3, -0.25) is 0 Å². The first kappa shape index (κ1) is 14.3. The molecule has 14 heavy (non-hydrogen) atoms. The summed E-state index contributed by atoms with van der Waals surface area (Å²) in [5, 5.41) is -0.329. The SMILES string of the molecule is [CH2-]c1cccc(C(F)(F)F)c1Cl.[Zn+][Br]. The molecule has 0 nitrogen and oxygen atoms in total. The van der Waals surface area contributed by atoms with E-state index in [9.17, 15) is 13.2 Å². The number of halogens is 5. The molecular weight excluding hydrogens is 334 g/mol. The maximum absolute atomic E-state index is 12.1. The normalized spacial score (nSPS) is 10.5. The molecule has 0 aromatic heterocycles. The second-order valence-electron chi connectivity index (χ2n) is 2.28. The van der Waals surface area contributed by atoms with Crippen LogP contribution in [0.4, 0.5) is 13.2 Å². The molecule has 0 saturated heterocycles. The van der Waals surface area contributed by atoms with Gasteiger partial charge in [-0.25, -0.2) is 0 Å². The standard InChI is InChI=1S/C8H5ClF3.BrH.Zn/c1-5-3-2-4-6(7(5)9)8(10,11)12;;/h2-4H,1H2;1H;/q-1;;+2/p-1. The van der Waals surface area contributed by atoms with Crippen LogP contribution in [0.1, 0.15) is 11.1 Å². The van der Waals surface area contributed by atoms with Gasteiger partial charge in [0.1, 0.15) is 0 Å². The van der Waals surface area contributed by atoms with E-state index < -0.39 is 11.7 Å². The molecule has 1 aromatic carbocycles. The summed E-state index contributed by atoms with van der Waals surface area (Å²) in [6.07, 6.45) is -4.40. The summed E-state index contributed by atoms with van der Waals surface area (Å²) in [5.41, 5.74) is -0.650. The van der Waals surface area contributed by atoms with E-state index in [0.29, 0.717) is 0 Å². The molecule has 0 aliphatic rings. The third-order valence-corrected chi connectivity index (χ3v) is 1.83. The van der Waals surface area contributed by atoms with E-state index in [-0.39, 0.29) is 10.6 Å². The number of hydrogen-bond donors (Lipinski definition) is 0. The third-order valence-electron chi connectivity index (χ3n) is 1.38. The van der Waals surface area contributed by atoms with E-state index in [0.717, 1.165) is 6.07 Å². The van der Waals surface area contributed by atoms with Crippen molar-refractivity contribution >= 4 is 25.2 Å². The first-order chi connectivity index (χ1) is 6.43. The van der Waals surface area contributed by atoms with Gasteiger partial charge in [0.25, 0.3) is 0 Å².